The van der Waals surface area contributed by atoms with Gasteiger partial charge in [-0.2, -0.15) is 0 Å². The molecule has 0 spiro atoms. The first kappa shape index (κ1) is 12.4. The Balaban J connectivity index is 3.87. The van der Waals surface area contributed by atoms with Gasteiger partial charge in [-0.25, -0.2) is 0 Å². The van der Waals surface area contributed by atoms with Gasteiger partial charge in [0, 0.05) is 19.7 Å². The smallest absolute Gasteiger partial charge is 0.319 e. The summed E-state index contributed by atoms with van der Waals surface area (Å²) in [6.45, 7) is 5.80. The molecule has 0 bridgehead atoms. The Hall–Kier alpha value is -0.610. The lowest BCUT2D eigenvalue weighted by atomic mass is 10.3. The summed E-state index contributed by atoms with van der Waals surface area (Å²) < 4.78 is 9.53. The van der Waals surface area contributed by atoms with Crippen LogP contribution in [-0.2, 0) is 14.3 Å². The third kappa shape index (κ3) is 5.60. The molecule has 4 nitrogen and oxygen atoms in total. The zero-order chi connectivity index (χ0) is 10.3. The van der Waals surface area contributed by atoms with E-state index in [1.54, 1.807) is 7.11 Å². The third-order valence-corrected chi connectivity index (χ3v) is 1.87. The molecule has 0 rings (SSSR count). The summed E-state index contributed by atoms with van der Waals surface area (Å²) >= 11 is 0. The lowest BCUT2D eigenvalue weighted by Gasteiger charge is -2.24. The number of hydrogen-bond acceptors (Lipinski definition) is 4. The highest BCUT2D eigenvalue weighted by Crippen LogP contribution is 1.97. The molecule has 0 heterocycles. The van der Waals surface area contributed by atoms with Gasteiger partial charge in [-0.1, -0.05) is 0 Å². The second-order valence-electron chi connectivity index (χ2n) is 3.13. The van der Waals surface area contributed by atoms with E-state index < -0.39 is 0 Å². The normalized spacial score (nSPS) is 10.9. The Morgan fingerprint density at radius 3 is 2.38 bits per heavy atom. The van der Waals surface area contributed by atoms with Gasteiger partial charge in [0.1, 0.15) is 0 Å². The van der Waals surface area contributed by atoms with Crippen LogP contribution in [0.2, 0.25) is 0 Å². The number of carbonyl (C=O) groups is 1. The molecule has 0 radical (unpaired) electrons. The van der Waals surface area contributed by atoms with Crippen LogP contribution < -0.4 is 0 Å². The van der Waals surface area contributed by atoms with Crippen molar-refractivity contribution in [1.29, 1.82) is 0 Å². The second-order valence-corrected chi connectivity index (χ2v) is 3.13. The first-order chi connectivity index (χ1) is 6.11. The molecule has 13 heavy (non-hydrogen) atoms. The van der Waals surface area contributed by atoms with Crippen molar-refractivity contribution in [2.75, 3.05) is 33.9 Å². The van der Waals surface area contributed by atoms with Crippen LogP contribution in [0.5, 0.6) is 0 Å². The zero-order valence-corrected chi connectivity index (χ0v) is 8.87. The minimum Gasteiger partial charge on any atom is -0.468 e. The number of nitrogens with zero attached hydrogens (tertiary/aromatic N) is 1. The van der Waals surface area contributed by atoms with Gasteiger partial charge in [-0.15, -0.1) is 0 Å². The minimum atomic E-state index is -0.204. The SMILES string of the molecule is COCCN(CC(=O)OC)C(C)C. The molecule has 0 saturated carbocycles. The predicted octanol–water partition coefficient (Wildman–Crippen LogP) is 0.516. The molecular weight excluding hydrogens is 170 g/mol. The van der Waals surface area contributed by atoms with E-state index in [0.29, 0.717) is 19.2 Å². The lowest BCUT2D eigenvalue weighted by Crippen LogP contribution is -2.38. The topological polar surface area (TPSA) is 38.8 Å². The molecule has 0 atom stereocenters. The third-order valence-electron chi connectivity index (χ3n) is 1.87. The second kappa shape index (κ2) is 6.86. The van der Waals surface area contributed by atoms with Crippen LogP contribution in [-0.4, -0.2) is 50.8 Å². The van der Waals surface area contributed by atoms with Crippen molar-refractivity contribution in [2.24, 2.45) is 0 Å². The van der Waals surface area contributed by atoms with E-state index in [1.165, 1.54) is 7.11 Å². The maximum absolute atomic E-state index is 11.0. The Morgan fingerprint density at radius 1 is 1.38 bits per heavy atom. The fourth-order valence-electron chi connectivity index (χ4n) is 0.959. The molecule has 0 unspecified atom stereocenters. The summed E-state index contributed by atoms with van der Waals surface area (Å²) in [6, 6.07) is 0.328. The van der Waals surface area contributed by atoms with E-state index in [-0.39, 0.29) is 5.97 Å². The van der Waals surface area contributed by atoms with Gasteiger partial charge in [-0.3, -0.25) is 9.69 Å². The average Bonchev–Trinajstić information content (AvgIpc) is 2.11. The van der Waals surface area contributed by atoms with Crippen LogP contribution in [0.25, 0.3) is 0 Å². The van der Waals surface area contributed by atoms with E-state index in [9.17, 15) is 4.79 Å². The standard InChI is InChI=1S/C9H19NO3/c1-8(2)10(5-6-12-3)7-9(11)13-4/h8H,5-7H2,1-4H3. The van der Waals surface area contributed by atoms with Crippen molar-refractivity contribution in [1.82, 2.24) is 4.90 Å². The number of hydrogen-bond donors (Lipinski definition) is 0. The Morgan fingerprint density at radius 2 is 2.00 bits per heavy atom. The molecule has 0 aliphatic rings. The largest absolute Gasteiger partial charge is 0.468 e. The van der Waals surface area contributed by atoms with Crippen molar-refractivity contribution < 1.29 is 14.3 Å². The number of esters is 1. The molecule has 0 aliphatic heterocycles. The van der Waals surface area contributed by atoms with Gasteiger partial charge in [0.15, 0.2) is 0 Å². The molecule has 78 valence electrons. The van der Waals surface area contributed by atoms with Gasteiger partial charge in [-0.05, 0) is 13.8 Å². The van der Waals surface area contributed by atoms with Crippen molar-refractivity contribution in [3.05, 3.63) is 0 Å². The van der Waals surface area contributed by atoms with Gasteiger partial charge in [0.25, 0.3) is 0 Å². The van der Waals surface area contributed by atoms with Gasteiger partial charge >= 0.3 is 5.97 Å². The predicted molar refractivity (Wildman–Crippen MR) is 50.6 cm³/mol. The molecule has 0 saturated heterocycles. The maximum Gasteiger partial charge on any atom is 0.319 e. The molecule has 0 amide bonds. The zero-order valence-electron chi connectivity index (χ0n) is 8.87. The minimum absolute atomic E-state index is 0.204. The van der Waals surface area contributed by atoms with Crippen molar-refractivity contribution in [3.8, 4) is 0 Å². The summed E-state index contributed by atoms with van der Waals surface area (Å²) in [7, 11) is 3.05. The summed E-state index contributed by atoms with van der Waals surface area (Å²) in [6.07, 6.45) is 0. The maximum atomic E-state index is 11.0. The number of rotatable bonds is 6. The van der Waals surface area contributed by atoms with Crippen LogP contribution in [0, 0.1) is 0 Å². The summed E-state index contributed by atoms with van der Waals surface area (Å²) in [5.41, 5.74) is 0. The Bertz CT molecular complexity index is 148. The summed E-state index contributed by atoms with van der Waals surface area (Å²) in [5, 5.41) is 0. The molecule has 0 fully saturated rings. The molecule has 0 aliphatic carbocycles. The van der Waals surface area contributed by atoms with E-state index >= 15 is 0 Å². The molecule has 0 N–H and O–H groups in total. The highest BCUT2D eigenvalue weighted by molar-refractivity contribution is 5.71. The molecule has 0 aromatic carbocycles. The fourth-order valence-corrected chi connectivity index (χ4v) is 0.959. The average molecular weight is 189 g/mol. The fraction of sp³-hybridized carbons (Fsp3) is 0.889. The number of ether oxygens (including phenoxy) is 2. The van der Waals surface area contributed by atoms with Gasteiger partial charge < -0.3 is 9.47 Å². The Labute approximate surface area is 79.8 Å². The van der Waals surface area contributed by atoms with E-state index in [1.807, 2.05) is 18.7 Å². The van der Waals surface area contributed by atoms with E-state index in [4.69, 9.17) is 4.74 Å². The van der Waals surface area contributed by atoms with E-state index in [2.05, 4.69) is 4.74 Å². The van der Waals surface area contributed by atoms with Crippen LogP contribution in [0.1, 0.15) is 13.8 Å². The monoisotopic (exact) mass is 189 g/mol. The highest BCUT2D eigenvalue weighted by atomic mass is 16.5. The van der Waals surface area contributed by atoms with Gasteiger partial charge in [0.2, 0.25) is 0 Å². The van der Waals surface area contributed by atoms with Gasteiger partial charge in [0.05, 0.1) is 20.3 Å². The first-order valence-corrected chi connectivity index (χ1v) is 4.41. The first-order valence-electron chi connectivity index (χ1n) is 4.41. The van der Waals surface area contributed by atoms with Crippen molar-refractivity contribution in [2.45, 2.75) is 19.9 Å². The molecule has 0 aromatic heterocycles. The molecule has 4 heteroatoms. The Kier molecular flexibility index (Phi) is 6.54. The number of methoxy groups -OCH3 is 2. The van der Waals surface area contributed by atoms with Crippen molar-refractivity contribution in [3.63, 3.8) is 0 Å². The summed E-state index contributed by atoms with van der Waals surface area (Å²) in [4.78, 5) is 13.0. The van der Waals surface area contributed by atoms with Crippen molar-refractivity contribution >= 4 is 5.97 Å². The van der Waals surface area contributed by atoms with Crippen LogP contribution >= 0.6 is 0 Å². The molecular formula is C9H19NO3. The lowest BCUT2D eigenvalue weighted by molar-refractivity contribution is -0.142. The summed E-state index contributed by atoms with van der Waals surface area (Å²) in [5.74, 6) is -0.204. The van der Waals surface area contributed by atoms with Crippen LogP contribution in [0.4, 0.5) is 0 Å². The highest BCUT2D eigenvalue weighted by Gasteiger charge is 2.13. The quantitative estimate of drug-likeness (QED) is 0.571. The van der Waals surface area contributed by atoms with E-state index in [0.717, 1.165) is 6.54 Å². The molecule has 0 aromatic rings. The van der Waals surface area contributed by atoms with Crippen LogP contribution in [0.3, 0.4) is 0 Å². The number of carbonyl (C=O) groups excluding carboxylic acids is 1. The van der Waals surface area contributed by atoms with Crippen LogP contribution in [0.15, 0.2) is 0 Å².